The van der Waals surface area contributed by atoms with Gasteiger partial charge < -0.3 is 11.1 Å². The minimum atomic E-state index is 0.371. The molecule has 96 valence electrons. The summed E-state index contributed by atoms with van der Waals surface area (Å²) < 4.78 is 0. The minimum Gasteiger partial charge on any atom is -0.328 e. The summed E-state index contributed by atoms with van der Waals surface area (Å²) in [5, 5.41) is 3.72. The van der Waals surface area contributed by atoms with E-state index < -0.39 is 0 Å². The molecule has 0 aromatic rings. The van der Waals surface area contributed by atoms with E-state index in [0.717, 1.165) is 17.9 Å². The number of nitrogens with two attached hydrogens (primary N) is 1. The summed E-state index contributed by atoms with van der Waals surface area (Å²) in [6.07, 6.45) is 7.94. The zero-order chi connectivity index (χ0) is 12.0. The maximum Gasteiger partial charge on any atom is 0.00698 e. The fourth-order valence-corrected chi connectivity index (χ4v) is 2.65. The molecular weight excluding hydrogens is 196 g/mol. The topological polar surface area (TPSA) is 38.0 Å². The van der Waals surface area contributed by atoms with Gasteiger partial charge >= 0.3 is 0 Å². The Morgan fingerprint density at radius 1 is 1.25 bits per heavy atom. The van der Waals surface area contributed by atoms with Crippen molar-refractivity contribution >= 4 is 0 Å². The van der Waals surface area contributed by atoms with Crippen LogP contribution in [0.2, 0.25) is 0 Å². The van der Waals surface area contributed by atoms with Gasteiger partial charge in [0.2, 0.25) is 0 Å². The van der Waals surface area contributed by atoms with Crippen LogP contribution in [0.25, 0.3) is 0 Å². The van der Waals surface area contributed by atoms with Crippen molar-refractivity contribution < 1.29 is 0 Å². The van der Waals surface area contributed by atoms with Crippen molar-refractivity contribution in [2.45, 2.75) is 71.4 Å². The molecule has 0 saturated heterocycles. The minimum absolute atomic E-state index is 0.371. The quantitative estimate of drug-likeness (QED) is 0.700. The van der Waals surface area contributed by atoms with Gasteiger partial charge in [0.25, 0.3) is 0 Å². The van der Waals surface area contributed by atoms with Crippen LogP contribution in [-0.4, -0.2) is 18.6 Å². The third kappa shape index (κ3) is 5.86. The zero-order valence-electron chi connectivity index (χ0n) is 11.3. The molecule has 1 aliphatic carbocycles. The molecule has 1 aliphatic rings. The maximum atomic E-state index is 5.75. The molecule has 0 radical (unpaired) electrons. The van der Waals surface area contributed by atoms with Gasteiger partial charge in [-0.15, -0.1) is 0 Å². The van der Waals surface area contributed by atoms with Crippen molar-refractivity contribution in [3.05, 3.63) is 0 Å². The lowest BCUT2D eigenvalue weighted by molar-refractivity contribution is 0.408. The first-order valence-electron chi connectivity index (χ1n) is 7.07. The summed E-state index contributed by atoms with van der Waals surface area (Å²) in [5.41, 5.74) is 5.75. The average Bonchev–Trinajstić information content (AvgIpc) is 2.61. The van der Waals surface area contributed by atoms with Crippen molar-refractivity contribution in [3.8, 4) is 0 Å². The lowest BCUT2D eigenvalue weighted by Gasteiger charge is -2.17. The van der Waals surface area contributed by atoms with Crippen LogP contribution < -0.4 is 11.1 Å². The summed E-state index contributed by atoms with van der Waals surface area (Å²) in [7, 11) is 0. The third-order valence-electron chi connectivity index (χ3n) is 3.81. The first-order valence-corrected chi connectivity index (χ1v) is 7.07. The van der Waals surface area contributed by atoms with E-state index in [2.05, 4.69) is 26.1 Å². The molecule has 0 spiro atoms. The predicted molar refractivity (Wildman–Crippen MR) is 71.5 cm³/mol. The van der Waals surface area contributed by atoms with E-state index in [9.17, 15) is 0 Å². The molecule has 3 N–H and O–H groups in total. The number of rotatable bonds is 7. The molecule has 1 rings (SSSR count). The predicted octanol–water partition coefficient (Wildman–Crippen LogP) is 2.92. The molecule has 0 aliphatic heterocycles. The van der Waals surface area contributed by atoms with E-state index >= 15 is 0 Å². The van der Waals surface area contributed by atoms with Crippen LogP contribution in [0.15, 0.2) is 0 Å². The molecule has 2 heteroatoms. The first kappa shape index (κ1) is 14.0. The third-order valence-corrected chi connectivity index (χ3v) is 3.81. The smallest absolute Gasteiger partial charge is 0.00698 e. The molecule has 0 aromatic carbocycles. The zero-order valence-corrected chi connectivity index (χ0v) is 11.3. The van der Waals surface area contributed by atoms with Gasteiger partial charge in [0.1, 0.15) is 0 Å². The lowest BCUT2D eigenvalue weighted by atomic mass is 10.0. The van der Waals surface area contributed by atoms with Crippen LogP contribution in [0.3, 0.4) is 0 Å². The number of hydrogen-bond acceptors (Lipinski definition) is 2. The molecule has 4 unspecified atom stereocenters. The average molecular weight is 226 g/mol. The molecular formula is C14H30N2. The SMILES string of the molecule is CC(N)CCCC(C)CNC1CCC(C)C1. The van der Waals surface area contributed by atoms with Gasteiger partial charge in [-0.05, 0) is 57.4 Å². The van der Waals surface area contributed by atoms with Crippen LogP contribution in [0.1, 0.15) is 59.3 Å². The second kappa shape index (κ2) is 7.29. The summed E-state index contributed by atoms with van der Waals surface area (Å²) >= 11 is 0. The van der Waals surface area contributed by atoms with Gasteiger partial charge in [0.05, 0.1) is 0 Å². The lowest BCUT2D eigenvalue weighted by Crippen LogP contribution is -2.30. The molecule has 4 atom stereocenters. The van der Waals surface area contributed by atoms with Gasteiger partial charge in [-0.2, -0.15) is 0 Å². The molecule has 1 fully saturated rings. The Balaban J connectivity index is 1.99. The number of nitrogens with one attached hydrogen (secondary N) is 1. The fourth-order valence-electron chi connectivity index (χ4n) is 2.65. The maximum absolute atomic E-state index is 5.75. The Hall–Kier alpha value is -0.0800. The second-order valence-corrected chi connectivity index (χ2v) is 6.04. The highest BCUT2D eigenvalue weighted by Gasteiger charge is 2.20. The van der Waals surface area contributed by atoms with Gasteiger partial charge in [-0.3, -0.25) is 0 Å². The Bertz CT molecular complexity index is 180. The van der Waals surface area contributed by atoms with Crippen LogP contribution in [0.4, 0.5) is 0 Å². The number of hydrogen-bond donors (Lipinski definition) is 2. The Labute approximate surface area is 101 Å². The highest BCUT2D eigenvalue weighted by Crippen LogP contribution is 2.24. The molecule has 0 bridgehead atoms. The molecule has 16 heavy (non-hydrogen) atoms. The second-order valence-electron chi connectivity index (χ2n) is 6.04. The van der Waals surface area contributed by atoms with Crippen molar-refractivity contribution in [3.63, 3.8) is 0 Å². The van der Waals surface area contributed by atoms with E-state index in [1.807, 2.05) is 0 Å². The van der Waals surface area contributed by atoms with Crippen LogP contribution in [0.5, 0.6) is 0 Å². The summed E-state index contributed by atoms with van der Waals surface area (Å²) in [5.74, 6) is 1.74. The van der Waals surface area contributed by atoms with Crippen molar-refractivity contribution in [1.29, 1.82) is 0 Å². The summed E-state index contributed by atoms with van der Waals surface area (Å²) in [6.45, 7) is 8.01. The van der Waals surface area contributed by atoms with Crippen molar-refractivity contribution in [2.75, 3.05) is 6.54 Å². The molecule has 0 heterocycles. The highest BCUT2D eigenvalue weighted by atomic mass is 14.9. The van der Waals surface area contributed by atoms with Crippen LogP contribution >= 0.6 is 0 Å². The van der Waals surface area contributed by atoms with Crippen LogP contribution in [0, 0.1) is 11.8 Å². The highest BCUT2D eigenvalue weighted by molar-refractivity contribution is 4.78. The molecule has 1 saturated carbocycles. The summed E-state index contributed by atoms with van der Waals surface area (Å²) in [6, 6.07) is 1.17. The van der Waals surface area contributed by atoms with Crippen molar-refractivity contribution in [2.24, 2.45) is 17.6 Å². The van der Waals surface area contributed by atoms with E-state index in [0.29, 0.717) is 6.04 Å². The Morgan fingerprint density at radius 2 is 2.00 bits per heavy atom. The Kier molecular flexibility index (Phi) is 6.37. The molecule has 2 nitrogen and oxygen atoms in total. The van der Waals surface area contributed by atoms with Gasteiger partial charge in [0, 0.05) is 12.1 Å². The van der Waals surface area contributed by atoms with Gasteiger partial charge in [-0.1, -0.05) is 20.3 Å². The van der Waals surface area contributed by atoms with E-state index in [1.54, 1.807) is 0 Å². The van der Waals surface area contributed by atoms with Crippen molar-refractivity contribution in [1.82, 2.24) is 5.32 Å². The normalized spacial score (nSPS) is 29.2. The molecule has 0 amide bonds. The van der Waals surface area contributed by atoms with E-state index in [1.165, 1.54) is 45.1 Å². The van der Waals surface area contributed by atoms with E-state index in [-0.39, 0.29) is 0 Å². The monoisotopic (exact) mass is 226 g/mol. The van der Waals surface area contributed by atoms with Crippen LogP contribution in [-0.2, 0) is 0 Å². The fraction of sp³-hybridized carbons (Fsp3) is 1.00. The Morgan fingerprint density at radius 3 is 2.56 bits per heavy atom. The van der Waals surface area contributed by atoms with E-state index in [4.69, 9.17) is 5.73 Å². The first-order chi connectivity index (χ1) is 7.58. The van der Waals surface area contributed by atoms with Gasteiger partial charge in [-0.25, -0.2) is 0 Å². The van der Waals surface area contributed by atoms with Gasteiger partial charge in [0.15, 0.2) is 0 Å². The molecule has 0 aromatic heterocycles. The standard InChI is InChI=1S/C14H30N2/c1-11-7-8-14(9-11)16-10-12(2)5-4-6-13(3)15/h11-14,16H,4-10,15H2,1-3H3. The summed E-state index contributed by atoms with van der Waals surface area (Å²) in [4.78, 5) is 0. The largest absolute Gasteiger partial charge is 0.328 e.